The monoisotopic (exact) mass is 706 g/mol. The number of rotatable bonds is 6. The summed E-state index contributed by atoms with van der Waals surface area (Å²) in [4.78, 5) is 50.2. The van der Waals surface area contributed by atoms with Crippen molar-refractivity contribution < 1.29 is 38.1 Å². The molecule has 0 aromatic rings. The van der Waals surface area contributed by atoms with Crippen LogP contribution in [0.5, 0.6) is 0 Å². The van der Waals surface area contributed by atoms with E-state index in [1.54, 1.807) is 0 Å². The van der Waals surface area contributed by atoms with E-state index >= 15 is 0 Å². The van der Waals surface area contributed by atoms with Gasteiger partial charge in [-0.05, 0) is 52.7 Å². The number of hydrogen-bond donors (Lipinski definition) is 0. The van der Waals surface area contributed by atoms with Crippen molar-refractivity contribution in [2.24, 2.45) is 21.7 Å². The third-order valence-corrected chi connectivity index (χ3v) is 9.49. The molecule has 0 aromatic heterocycles. The first kappa shape index (κ1) is 23.5. The van der Waals surface area contributed by atoms with Crippen molar-refractivity contribution >= 4 is 23.9 Å². The van der Waals surface area contributed by atoms with Gasteiger partial charge in [-0.1, -0.05) is 27.7 Å². The third-order valence-electron chi connectivity index (χ3n) is 9.49. The second-order valence-electron chi connectivity index (χ2n) is 10.8. The second kappa shape index (κ2) is 6.45. The van der Waals surface area contributed by atoms with Crippen LogP contribution < -0.4 is 0 Å². The number of esters is 4. The minimum Gasteiger partial charge on any atom is -0.496 e. The number of fused-ring (bicyclic) bond motifs is 4. The Balaban J connectivity index is 0.00000289. The molecule has 3 unspecified atom stereocenters. The predicted octanol–water partition coefficient (Wildman–Crippen LogP) is 2.52. The van der Waals surface area contributed by atoms with Crippen LogP contribution in [0.3, 0.4) is 0 Å². The normalized spacial score (nSPS) is 39.8. The number of carbonyl (C=O) groups excluding carboxylic acids is 4. The van der Waals surface area contributed by atoms with Crippen molar-refractivity contribution in [2.75, 3.05) is 13.2 Å². The summed E-state index contributed by atoms with van der Waals surface area (Å²) in [5.41, 5.74) is -5.31. The van der Waals surface area contributed by atoms with Gasteiger partial charge in [-0.25, -0.2) is 9.59 Å². The maximum Gasteiger partial charge on any atom is 0.348 e. The van der Waals surface area contributed by atoms with E-state index in [9.17, 15) is 19.2 Å². The summed E-state index contributed by atoms with van der Waals surface area (Å²) >= 11 is 0. The average Bonchev–Trinajstić information content (AvgIpc) is 3.15. The summed E-state index contributed by atoms with van der Waals surface area (Å²) in [5.74, 6) is -1.89. The van der Waals surface area contributed by atoms with E-state index in [-0.39, 0.29) is 25.2 Å². The maximum atomic E-state index is 12.8. The molecule has 0 amide bonds. The molecule has 4 atom stereocenters. The molecule has 0 N–H and O–H groups in total. The quantitative estimate of drug-likeness (QED) is 0.180. The van der Waals surface area contributed by atoms with Gasteiger partial charge < -0.3 is 18.9 Å². The maximum absolute atomic E-state index is 12.8. The Morgan fingerprint density at radius 1 is 0.750 bits per heavy atom. The molecular formula is C23H31O8Sg-. The Kier molecular flexibility index (Phi) is 4.75. The van der Waals surface area contributed by atoms with Gasteiger partial charge in [-0.2, -0.15) is 0 Å². The summed E-state index contributed by atoms with van der Waals surface area (Å²) in [5, 5.41) is 0. The number of carbonyl (C=O) groups is 4. The first-order valence-corrected chi connectivity index (χ1v) is 10.8. The van der Waals surface area contributed by atoms with Crippen LogP contribution in [-0.4, -0.2) is 48.3 Å². The minimum atomic E-state index is -1.28. The Morgan fingerprint density at radius 2 is 1.09 bits per heavy atom. The molecule has 4 aliphatic rings. The van der Waals surface area contributed by atoms with E-state index in [1.165, 1.54) is 6.42 Å². The van der Waals surface area contributed by atoms with Gasteiger partial charge in [0.1, 0.15) is 0 Å². The van der Waals surface area contributed by atoms with Crippen molar-refractivity contribution in [3.05, 3.63) is 6.42 Å². The minimum absolute atomic E-state index is 0. The van der Waals surface area contributed by atoms with Crippen molar-refractivity contribution in [1.29, 1.82) is 0 Å². The van der Waals surface area contributed by atoms with E-state index in [2.05, 4.69) is 0 Å². The molecule has 2 heterocycles. The third kappa shape index (κ3) is 2.28. The molecule has 4 bridgehead atoms. The fourth-order valence-electron chi connectivity index (χ4n) is 5.96. The van der Waals surface area contributed by atoms with E-state index < -0.39 is 44.8 Å². The molecule has 2 saturated carbocycles. The Bertz CT molecular complexity index is 811. The zero-order valence-corrected chi connectivity index (χ0v) is 26.3. The van der Waals surface area contributed by atoms with Crippen molar-refractivity contribution in [2.45, 2.75) is 78.4 Å². The van der Waals surface area contributed by atoms with E-state index in [1.807, 2.05) is 41.5 Å². The Morgan fingerprint density at radius 3 is 1.34 bits per heavy atom. The molecule has 9 heteroatoms. The molecule has 174 valence electrons. The molecule has 2 aliphatic heterocycles. The summed E-state index contributed by atoms with van der Waals surface area (Å²) in [6, 6.07) is 0. The molecule has 32 heavy (non-hydrogen) atoms. The molecule has 2 aliphatic carbocycles. The van der Waals surface area contributed by atoms with Crippen molar-refractivity contribution in [1.82, 2.24) is 0 Å². The van der Waals surface area contributed by atoms with Crippen LogP contribution in [0.25, 0.3) is 0 Å². The Labute approximate surface area is 182 Å². The van der Waals surface area contributed by atoms with Gasteiger partial charge in [0.05, 0.1) is 10.8 Å². The molecule has 0 spiro atoms. The van der Waals surface area contributed by atoms with Crippen LogP contribution in [0.2, 0.25) is 0 Å². The van der Waals surface area contributed by atoms with Crippen LogP contribution >= 0.6 is 0 Å². The molecular weight excluding hydrogens is 673 g/mol. The number of ether oxygens (including phenoxy) is 4. The molecule has 0 radical (unpaired) electrons. The van der Waals surface area contributed by atoms with Gasteiger partial charge in [0, 0.05) is 10.8 Å². The van der Waals surface area contributed by atoms with Crippen LogP contribution in [0, 0.1) is 28.1 Å². The summed E-state index contributed by atoms with van der Waals surface area (Å²) in [7, 11) is 0. The van der Waals surface area contributed by atoms with Gasteiger partial charge in [-0.3, -0.25) is 16.0 Å². The smallest absolute Gasteiger partial charge is 0.348 e. The zero-order chi connectivity index (χ0) is 23.1. The van der Waals surface area contributed by atoms with Gasteiger partial charge in [-0.15, -0.1) is 0 Å². The second-order valence-corrected chi connectivity index (χ2v) is 10.8. The van der Waals surface area contributed by atoms with E-state index in [0.717, 1.165) is 0 Å². The number of hydrogen-bond acceptors (Lipinski definition) is 8. The topological polar surface area (TPSA) is 105 Å². The van der Waals surface area contributed by atoms with Crippen LogP contribution in [0.15, 0.2) is 0 Å². The van der Waals surface area contributed by atoms with Crippen LogP contribution in [-0.2, 0) is 38.1 Å². The van der Waals surface area contributed by atoms with E-state index in [0.29, 0.717) is 25.7 Å². The SMILES string of the molecule is CC12CCC(C(=O)OC[CH-]COC(=O)C34CC[C@](C)(C(=O)O3)C4(C)C)(OC1=O)C2(C)C.[Sg]. The molecule has 8 nitrogen and oxygen atoms in total. The van der Waals surface area contributed by atoms with Crippen LogP contribution in [0.1, 0.15) is 67.2 Å². The van der Waals surface area contributed by atoms with Crippen LogP contribution in [0.4, 0.5) is 0 Å². The average molecular weight is 704 g/mol. The first-order chi connectivity index (χ1) is 14.2. The fraction of sp³-hybridized carbons (Fsp3) is 0.783. The Hall–Kier alpha value is -3.12. The fourth-order valence-corrected chi connectivity index (χ4v) is 5.96. The standard InChI is InChI=1S/C23H31O8.Sg/c1-18(2)20(5)8-10-22(18,30-14(20)24)16(26)28-12-7-13-29-17(27)23-11-9-21(6,15(25)31-23)19(23,3)4;/h7H,8-13H2,1-6H3;/q-1;/t20-,21?,22?,23?;/m1./s1. The largest absolute Gasteiger partial charge is 0.496 e. The van der Waals surface area contributed by atoms with E-state index in [4.69, 9.17) is 18.9 Å². The molecule has 2 saturated heterocycles. The van der Waals surface area contributed by atoms with Gasteiger partial charge in [0.2, 0.25) is 11.2 Å². The summed E-state index contributed by atoms with van der Waals surface area (Å²) in [6.45, 7) is 10.9. The van der Waals surface area contributed by atoms with Gasteiger partial charge in [0.25, 0.3) is 0 Å². The predicted molar refractivity (Wildman–Crippen MR) is 106 cm³/mol. The van der Waals surface area contributed by atoms with Crippen molar-refractivity contribution in [3.63, 3.8) is 0 Å². The summed E-state index contributed by atoms with van der Waals surface area (Å²) < 4.78 is 21.7. The molecule has 0 aromatic carbocycles. The van der Waals surface area contributed by atoms with Gasteiger partial charge >= 0.3 is 23.9 Å². The molecule has 4 rings (SSSR count). The first-order valence-electron chi connectivity index (χ1n) is 10.8. The molecule has 4 fully saturated rings. The van der Waals surface area contributed by atoms with Gasteiger partial charge in [0.15, 0.2) is 0 Å². The van der Waals surface area contributed by atoms with Crippen molar-refractivity contribution in [3.8, 4) is 0 Å². The summed E-state index contributed by atoms with van der Waals surface area (Å²) in [6.07, 6.45) is 3.52. The zero-order valence-electron chi connectivity index (χ0n) is 19.8.